The van der Waals surface area contributed by atoms with Gasteiger partial charge in [0.2, 0.25) is 11.8 Å². The molecule has 1 saturated carbocycles. The largest absolute Gasteiger partial charge is 0.508 e. The van der Waals surface area contributed by atoms with Crippen LogP contribution < -0.4 is 0 Å². The summed E-state index contributed by atoms with van der Waals surface area (Å²) in [7, 11) is 0. The lowest BCUT2D eigenvalue weighted by Crippen LogP contribution is -2.38. The Labute approximate surface area is 148 Å². The lowest BCUT2D eigenvalue weighted by atomic mass is 9.91. The van der Waals surface area contributed by atoms with E-state index in [0.29, 0.717) is 30.9 Å². The van der Waals surface area contributed by atoms with Crippen LogP contribution in [0, 0.1) is 0 Å². The van der Waals surface area contributed by atoms with E-state index in [2.05, 4.69) is 15.1 Å². The fraction of sp³-hybridized carbons (Fsp3) is 0.579. The standard InChI is InChI=1S/C19H27N3O3/c1-13(2)19-21-20-18(25-19)12-22(15-6-8-16(23)9-7-15)11-14-4-3-5-17(24)10-14/h3-5,10,13,15-16,23-24H,6-9,11-12H2,1-2H3. The zero-order valence-electron chi connectivity index (χ0n) is 14.9. The van der Waals surface area contributed by atoms with Crippen LogP contribution in [0.15, 0.2) is 28.7 Å². The van der Waals surface area contributed by atoms with E-state index in [0.717, 1.165) is 31.2 Å². The third-order valence-corrected chi connectivity index (χ3v) is 4.79. The summed E-state index contributed by atoms with van der Waals surface area (Å²) in [4.78, 5) is 2.32. The number of hydrogen-bond acceptors (Lipinski definition) is 6. The predicted octanol–water partition coefficient (Wildman–Crippen LogP) is 3.20. The maximum Gasteiger partial charge on any atom is 0.230 e. The lowest BCUT2D eigenvalue weighted by Gasteiger charge is -2.35. The van der Waals surface area contributed by atoms with E-state index in [1.807, 2.05) is 26.0 Å². The van der Waals surface area contributed by atoms with Gasteiger partial charge in [0.05, 0.1) is 12.6 Å². The molecule has 0 amide bonds. The predicted molar refractivity (Wildman–Crippen MR) is 94.0 cm³/mol. The van der Waals surface area contributed by atoms with E-state index >= 15 is 0 Å². The number of rotatable bonds is 6. The normalized spacial score (nSPS) is 21.2. The highest BCUT2D eigenvalue weighted by Crippen LogP contribution is 2.27. The number of phenolic OH excluding ortho intramolecular Hbond substituents is 1. The summed E-state index contributed by atoms with van der Waals surface area (Å²) in [5.74, 6) is 1.77. The number of aromatic nitrogens is 2. The highest BCUT2D eigenvalue weighted by Gasteiger charge is 2.26. The molecule has 3 rings (SSSR count). The third kappa shape index (κ3) is 4.80. The van der Waals surface area contributed by atoms with Gasteiger partial charge < -0.3 is 14.6 Å². The molecular weight excluding hydrogens is 318 g/mol. The van der Waals surface area contributed by atoms with E-state index in [9.17, 15) is 10.2 Å². The number of hydrogen-bond donors (Lipinski definition) is 2. The van der Waals surface area contributed by atoms with E-state index in [-0.39, 0.29) is 17.8 Å². The topological polar surface area (TPSA) is 82.6 Å². The lowest BCUT2D eigenvalue weighted by molar-refractivity contribution is 0.0622. The summed E-state index contributed by atoms with van der Waals surface area (Å²) < 4.78 is 5.79. The van der Waals surface area contributed by atoms with E-state index in [1.165, 1.54) is 0 Å². The molecule has 0 unspecified atom stereocenters. The molecule has 0 radical (unpaired) electrons. The van der Waals surface area contributed by atoms with Gasteiger partial charge in [-0.25, -0.2) is 0 Å². The van der Waals surface area contributed by atoms with E-state index in [4.69, 9.17) is 4.42 Å². The molecule has 0 aliphatic heterocycles. The second-order valence-corrected chi connectivity index (χ2v) is 7.23. The molecule has 1 aliphatic rings. The van der Waals surface area contributed by atoms with Crippen molar-refractivity contribution < 1.29 is 14.6 Å². The van der Waals surface area contributed by atoms with Gasteiger partial charge in [-0.15, -0.1) is 10.2 Å². The molecule has 0 saturated heterocycles. The Morgan fingerprint density at radius 2 is 1.92 bits per heavy atom. The molecule has 1 aliphatic carbocycles. The smallest absolute Gasteiger partial charge is 0.230 e. The van der Waals surface area contributed by atoms with Gasteiger partial charge in [-0.05, 0) is 43.4 Å². The second-order valence-electron chi connectivity index (χ2n) is 7.23. The molecule has 136 valence electrons. The van der Waals surface area contributed by atoms with Crippen LogP contribution in [0.2, 0.25) is 0 Å². The van der Waals surface area contributed by atoms with Gasteiger partial charge in [0.15, 0.2) is 0 Å². The molecule has 25 heavy (non-hydrogen) atoms. The monoisotopic (exact) mass is 345 g/mol. The highest BCUT2D eigenvalue weighted by molar-refractivity contribution is 5.27. The Hall–Kier alpha value is -1.92. The van der Waals surface area contributed by atoms with Crippen LogP contribution in [0.4, 0.5) is 0 Å². The first-order valence-electron chi connectivity index (χ1n) is 9.03. The van der Waals surface area contributed by atoms with Gasteiger partial charge in [0.1, 0.15) is 5.75 Å². The molecule has 1 heterocycles. The number of aromatic hydroxyl groups is 1. The number of aliphatic hydroxyl groups excluding tert-OH is 1. The summed E-state index contributed by atoms with van der Waals surface area (Å²) in [5.41, 5.74) is 1.05. The average Bonchev–Trinajstić information content (AvgIpc) is 3.04. The van der Waals surface area contributed by atoms with Crippen molar-refractivity contribution in [1.82, 2.24) is 15.1 Å². The van der Waals surface area contributed by atoms with Crippen LogP contribution in [0.1, 0.15) is 62.8 Å². The average molecular weight is 345 g/mol. The van der Waals surface area contributed by atoms with Gasteiger partial charge in [-0.3, -0.25) is 4.90 Å². The van der Waals surface area contributed by atoms with E-state index in [1.54, 1.807) is 12.1 Å². The van der Waals surface area contributed by atoms with Gasteiger partial charge in [-0.1, -0.05) is 26.0 Å². The fourth-order valence-corrected chi connectivity index (χ4v) is 3.36. The molecule has 1 aromatic carbocycles. The second kappa shape index (κ2) is 7.97. The molecule has 0 spiro atoms. The summed E-state index contributed by atoms with van der Waals surface area (Å²) >= 11 is 0. The van der Waals surface area contributed by atoms with Crippen LogP contribution >= 0.6 is 0 Å². The molecule has 2 N–H and O–H groups in total. The number of phenols is 1. The maximum atomic E-state index is 9.80. The molecule has 1 aromatic heterocycles. The van der Waals surface area contributed by atoms with Crippen molar-refractivity contribution in [3.05, 3.63) is 41.6 Å². The first-order chi connectivity index (χ1) is 12.0. The molecule has 0 bridgehead atoms. The molecular formula is C19H27N3O3. The maximum absolute atomic E-state index is 9.80. The van der Waals surface area contributed by atoms with Crippen molar-refractivity contribution in [2.24, 2.45) is 0 Å². The van der Waals surface area contributed by atoms with Crippen LogP contribution in [-0.4, -0.2) is 37.5 Å². The van der Waals surface area contributed by atoms with Crippen LogP contribution in [0.5, 0.6) is 5.75 Å². The minimum absolute atomic E-state index is 0.185. The molecule has 6 nitrogen and oxygen atoms in total. The third-order valence-electron chi connectivity index (χ3n) is 4.79. The SMILES string of the molecule is CC(C)c1nnc(CN(Cc2cccc(O)c2)C2CCC(O)CC2)o1. The first kappa shape index (κ1) is 17.9. The van der Waals surface area contributed by atoms with E-state index < -0.39 is 0 Å². The van der Waals surface area contributed by atoms with Crippen molar-refractivity contribution >= 4 is 0 Å². The van der Waals surface area contributed by atoms with Gasteiger partial charge in [-0.2, -0.15) is 0 Å². The fourth-order valence-electron chi connectivity index (χ4n) is 3.36. The Balaban J connectivity index is 1.75. The summed E-state index contributed by atoms with van der Waals surface area (Å²) in [6, 6.07) is 7.70. The first-order valence-corrected chi connectivity index (χ1v) is 9.03. The Morgan fingerprint density at radius 1 is 1.16 bits per heavy atom. The van der Waals surface area contributed by atoms with Crippen molar-refractivity contribution in [2.75, 3.05) is 0 Å². The zero-order valence-corrected chi connectivity index (χ0v) is 14.9. The molecule has 1 fully saturated rings. The number of benzene rings is 1. The van der Waals surface area contributed by atoms with Crippen LogP contribution in [-0.2, 0) is 13.1 Å². The van der Waals surface area contributed by atoms with Gasteiger partial charge >= 0.3 is 0 Å². The zero-order chi connectivity index (χ0) is 17.8. The number of nitrogens with zero attached hydrogens (tertiary/aromatic N) is 3. The summed E-state index contributed by atoms with van der Waals surface area (Å²) in [6.07, 6.45) is 3.36. The van der Waals surface area contributed by atoms with Crippen LogP contribution in [0.3, 0.4) is 0 Å². The van der Waals surface area contributed by atoms with Crippen molar-refractivity contribution in [3.63, 3.8) is 0 Å². The Bertz CT molecular complexity index is 678. The summed E-state index contributed by atoms with van der Waals surface area (Å²) in [5, 5.41) is 27.8. The van der Waals surface area contributed by atoms with Crippen molar-refractivity contribution in [2.45, 2.75) is 70.7 Å². The minimum Gasteiger partial charge on any atom is -0.508 e. The van der Waals surface area contributed by atoms with Gasteiger partial charge in [0, 0.05) is 18.5 Å². The molecule has 6 heteroatoms. The number of aliphatic hydroxyl groups is 1. The van der Waals surface area contributed by atoms with Crippen molar-refractivity contribution in [3.8, 4) is 5.75 Å². The van der Waals surface area contributed by atoms with Crippen LogP contribution in [0.25, 0.3) is 0 Å². The summed E-state index contributed by atoms with van der Waals surface area (Å²) in [6.45, 7) is 5.35. The molecule has 2 aromatic rings. The Kier molecular flexibility index (Phi) is 5.71. The highest BCUT2D eigenvalue weighted by atomic mass is 16.4. The quantitative estimate of drug-likeness (QED) is 0.836. The Morgan fingerprint density at radius 3 is 2.56 bits per heavy atom. The van der Waals surface area contributed by atoms with Crippen molar-refractivity contribution in [1.29, 1.82) is 0 Å². The van der Waals surface area contributed by atoms with Gasteiger partial charge in [0.25, 0.3) is 0 Å². The molecule has 0 atom stereocenters. The minimum atomic E-state index is -0.185.